The SMILES string of the molecule is COCC(CCCN)NC1CCN(C2CC2)C1. The Morgan fingerprint density at radius 2 is 2.24 bits per heavy atom. The van der Waals surface area contributed by atoms with Crippen molar-refractivity contribution in [1.29, 1.82) is 0 Å². The molecular weight excluding hydrogens is 214 g/mol. The van der Waals surface area contributed by atoms with E-state index in [4.69, 9.17) is 10.5 Å². The van der Waals surface area contributed by atoms with Crippen LogP contribution in [-0.2, 0) is 4.74 Å². The molecule has 17 heavy (non-hydrogen) atoms. The van der Waals surface area contributed by atoms with E-state index in [9.17, 15) is 0 Å². The van der Waals surface area contributed by atoms with E-state index >= 15 is 0 Å². The maximum absolute atomic E-state index is 5.57. The van der Waals surface area contributed by atoms with Crippen LogP contribution in [0.5, 0.6) is 0 Å². The van der Waals surface area contributed by atoms with Crippen molar-refractivity contribution in [2.24, 2.45) is 5.73 Å². The summed E-state index contributed by atoms with van der Waals surface area (Å²) in [4.78, 5) is 2.64. The minimum absolute atomic E-state index is 0.479. The summed E-state index contributed by atoms with van der Waals surface area (Å²) in [5.41, 5.74) is 5.57. The lowest BCUT2D eigenvalue weighted by Crippen LogP contribution is -2.42. The molecule has 0 aromatic rings. The van der Waals surface area contributed by atoms with Crippen molar-refractivity contribution in [3.63, 3.8) is 0 Å². The monoisotopic (exact) mass is 241 g/mol. The van der Waals surface area contributed by atoms with Crippen LogP contribution in [0.3, 0.4) is 0 Å². The molecule has 3 N–H and O–H groups in total. The smallest absolute Gasteiger partial charge is 0.0615 e. The number of nitrogens with one attached hydrogen (secondary N) is 1. The van der Waals surface area contributed by atoms with Crippen LogP contribution in [0, 0.1) is 0 Å². The van der Waals surface area contributed by atoms with Crippen molar-refractivity contribution in [3.05, 3.63) is 0 Å². The molecule has 0 aromatic heterocycles. The van der Waals surface area contributed by atoms with Crippen LogP contribution < -0.4 is 11.1 Å². The molecule has 2 fully saturated rings. The van der Waals surface area contributed by atoms with Crippen LogP contribution >= 0.6 is 0 Å². The molecule has 1 aliphatic heterocycles. The summed E-state index contributed by atoms with van der Waals surface area (Å²) in [6, 6.07) is 2.05. The first-order valence-corrected chi connectivity index (χ1v) is 7.02. The number of rotatable bonds is 8. The van der Waals surface area contributed by atoms with Gasteiger partial charge in [-0.1, -0.05) is 0 Å². The molecule has 2 aliphatic rings. The molecule has 2 atom stereocenters. The lowest BCUT2D eigenvalue weighted by molar-refractivity contribution is 0.155. The van der Waals surface area contributed by atoms with Crippen LogP contribution in [0.1, 0.15) is 32.1 Å². The number of ether oxygens (including phenoxy) is 1. The Hall–Kier alpha value is -0.160. The number of likely N-dealkylation sites (tertiary alicyclic amines) is 1. The molecule has 0 spiro atoms. The highest BCUT2D eigenvalue weighted by Gasteiger charge is 2.34. The molecule has 1 saturated carbocycles. The average Bonchev–Trinajstić information content (AvgIpc) is 3.08. The first-order chi connectivity index (χ1) is 8.33. The molecule has 0 radical (unpaired) electrons. The van der Waals surface area contributed by atoms with Gasteiger partial charge in [0.2, 0.25) is 0 Å². The predicted octanol–water partition coefficient (Wildman–Crippen LogP) is 0.567. The van der Waals surface area contributed by atoms with E-state index in [1.165, 1.54) is 32.4 Å². The van der Waals surface area contributed by atoms with Crippen molar-refractivity contribution in [1.82, 2.24) is 10.2 Å². The highest BCUT2D eigenvalue weighted by Crippen LogP contribution is 2.29. The zero-order valence-corrected chi connectivity index (χ0v) is 11.0. The fourth-order valence-corrected chi connectivity index (χ4v) is 2.81. The van der Waals surface area contributed by atoms with Gasteiger partial charge in [0.05, 0.1) is 6.61 Å². The number of nitrogens with two attached hydrogens (primary N) is 1. The normalized spacial score (nSPS) is 27.5. The number of nitrogens with zero attached hydrogens (tertiary/aromatic N) is 1. The molecule has 0 amide bonds. The summed E-state index contributed by atoms with van der Waals surface area (Å²) < 4.78 is 5.28. The highest BCUT2D eigenvalue weighted by molar-refractivity contribution is 4.92. The second-order valence-corrected chi connectivity index (χ2v) is 5.46. The molecule has 4 nitrogen and oxygen atoms in total. The summed E-state index contributed by atoms with van der Waals surface area (Å²) in [7, 11) is 1.78. The summed E-state index contributed by atoms with van der Waals surface area (Å²) in [5.74, 6) is 0. The van der Waals surface area contributed by atoms with E-state index in [0.29, 0.717) is 12.1 Å². The van der Waals surface area contributed by atoms with Gasteiger partial charge in [0.25, 0.3) is 0 Å². The molecule has 4 heteroatoms. The molecule has 1 heterocycles. The number of hydrogen-bond donors (Lipinski definition) is 2. The average molecular weight is 241 g/mol. The second-order valence-electron chi connectivity index (χ2n) is 5.46. The topological polar surface area (TPSA) is 50.5 Å². The molecule has 0 bridgehead atoms. The Morgan fingerprint density at radius 1 is 1.41 bits per heavy atom. The van der Waals surface area contributed by atoms with Gasteiger partial charge in [0.15, 0.2) is 0 Å². The molecule has 0 aromatic carbocycles. The van der Waals surface area contributed by atoms with Crippen LogP contribution in [0.2, 0.25) is 0 Å². The zero-order valence-electron chi connectivity index (χ0n) is 11.0. The summed E-state index contributed by atoms with van der Waals surface area (Å²) >= 11 is 0. The van der Waals surface area contributed by atoms with Gasteiger partial charge in [0.1, 0.15) is 0 Å². The molecule has 1 aliphatic carbocycles. The Morgan fingerprint density at radius 3 is 2.88 bits per heavy atom. The van der Waals surface area contributed by atoms with E-state index < -0.39 is 0 Å². The highest BCUT2D eigenvalue weighted by atomic mass is 16.5. The fraction of sp³-hybridized carbons (Fsp3) is 1.00. The van der Waals surface area contributed by atoms with E-state index in [1.807, 2.05) is 0 Å². The number of hydrogen-bond acceptors (Lipinski definition) is 4. The molecule has 100 valence electrons. The van der Waals surface area contributed by atoms with Gasteiger partial charge in [-0.25, -0.2) is 0 Å². The largest absolute Gasteiger partial charge is 0.383 e. The van der Waals surface area contributed by atoms with Crippen molar-refractivity contribution < 1.29 is 4.74 Å². The number of methoxy groups -OCH3 is 1. The van der Waals surface area contributed by atoms with Crippen LogP contribution in [0.4, 0.5) is 0 Å². The van der Waals surface area contributed by atoms with Crippen LogP contribution in [0.15, 0.2) is 0 Å². The standard InChI is InChI=1S/C13H27N3O/c1-17-10-12(3-2-7-14)15-11-6-8-16(9-11)13-4-5-13/h11-13,15H,2-10,14H2,1H3. The van der Waals surface area contributed by atoms with Crippen molar-refractivity contribution in [2.75, 3.05) is 33.4 Å². The maximum Gasteiger partial charge on any atom is 0.0615 e. The van der Waals surface area contributed by atoms with Crippen LogP contribution in [-0.4, -0.2) is 56.4 Å². The van der Waals surface area contributed by atoms with Gasteiger partial charge >= 0.3 is 0 Å². The van der Waals surface area contributed by atoms with Gasteiger partial charge in [-0.3, -0.25) is 4.90 Å². The molecular formula is C13H27N3O. The van der Waals surface area contributed by atoms with Crippen molar-refractivity contribution in [3.8, 4) is 0 Å². The van der Waals surface area contributed by atoms with Crippen molar-refractivity contribution >= 4 is 0 Å². The van der Waals surface area contributed by atoms with Gasteiger partial charge in [-0.15, -0.1) is 0 Å². The lowest BCUT2D eigenvalue weighted by atomic mass is 10.1. The van der Waals surface area contributed by atoms with E-state index in [1.54, 1.807) is 7.11 Å². The van der Waals surface area contributed by atoms with Crippen molar-refractivity contribution in [2.45, 2.75) is 50.2 Å². The molecule has 2 rings (SSSR count). The maximum atomic E-state index is 5.57. The minimum atomic E-state index is 0.479. The first kappa shape index (κ1) is 13.3. The van der Waals surface area contributed by atoms with Gasteiger partial charge < -0.3 is 15.8 Å². The Labute approximate surface area is 105 Å². The summed E-state index contributed by atoms with van der Waals surface area (Å²) in [6.45, 7) is 4.09. The van der Waals surface area contributed by atoms with E-state index in [0.717, 1.165) is 32.0 Å². The quantitative estimate of drug-likeness (QED) is 0.652. The third-order valence-electron chi connectivity index (χ3n) is 3.88. The second kappa shape index (κ2) is 6.69. The predicted molar refractivity (Wildman–Crippen MR) is 70.1 cm³/mol. The van der Waals surface area contributed by atoms with Gasteiger partial charge in [-0.2, -0.15) is 0 Å². The summed E-state index contributed by atoms with van der Waals surface area (Å²) in [6.07, 6.45) is 6.34. The Kier molecular flexibility index (Phi) is 5.22. The fourth-order valence-electron chi connectivity index (χ4n) is 2.81. The summed E-state index contributed by atoms with van der Waals surface area (Å²) in [5, 5.41) is 3.74. The lowest BCUT2D eigenvalue weighted by Gasteiger charge is -2.23. The Balaban J connectivity index is 1.69. The molecule has 2 unspecified atom stereocenters. The Bertz CT molecular complexity index is 221. The van der Waals surface area contributed by atoms with E-state index in [2.05, 4.69) is 10.2 Å². The third kappa shape index (κ3) is 4.21. The molecule has 1 saturated heterocycles. The van der Waals surface area contributed by atoms with Gasteiger partial charge in [-0.05, 0) is 38.6 Å². The van der Waals surface area contributed by atoms with Gasteiger partial charge in [0, 0.05) is 38.3 Å². The zero-order chi connectivity index (χ0) is 12.1. The first-order valence-electron chi connectivity index (χ1n) is 7.02. The third-order valence-corrected chi connectivity index (χ3v) is 3.88. The van der Waals surface area contributed by atoms with E-state index in [-0.39, 0.29) is 0 Å². The minimum Gasteiger partial charge on any atom is -0.383 e. The van der Waals surface area contributed by atoms with Crippen LogP contribution in [0.25, 0.3) is 0 Å².